The van der Waals surface area contributed by atoms with Crippen LogP contribution in [0, 0.1) is 13.8 Å². The van der Waals surface area contributed by atoms with Crippen LogP contribution in [0.1, 0.15) is 16.7 Å². The molecule has 2 N–H and O–H groups in total. The molecule has 5 nitrogen and oxygen atoms in total. The van der Waals surface area contributed by atoms with Gasteiger partial charge in [-0.2, -0.15) is 0 Å². The van der Waals surface area contributed by atoms with Gasteiger partial charge in [0, 0.05) is 16.3 Å². The normalized spacial score (nSPS) is 10.7. The first-order valence-corrected chi connectivity index (χ1v) is 7.34. The fraction of sp³-hybridized carbons (Fsp3) is 0.176. The molecule has 6 heteroatoms. The van der Waals surface area contributed by atoms with Gasteiger partial charge in [0.25, 0.3) is 5.91 Å². The van der Waals surface area contributed by atoms with Crippen molar-refractivity contribution in [1.82, 2.24) is 0 Å². The summed E-state index contributed by atoms with van der Waals surface area (Å²) >= 11 is 5.87. The third kappa shape index (κ3) is 4.72. The number of nitrogens with zero attached hydrogens (tertiary/aromatic N) is 1. The molecule has 0 spiro atoms. The zero-order valence-electron chi connectivity index (χ0n) is 12.8. The second kappa shape index (κ2) is 7.65. The Kier molecular flexibility index (Phi) is 5.60. The number of rotatable bonds is 5. The minimum absolute atomic E-state index is 0.166. The van der Waals surface area contributed by atoms with Gasteiger partial charge in [-0.3, -0.25) is 4.79 Å². The number of benzene rings is 2. The quantitative estimate of drug-likeness (QED) is 0.497. The summed E-state index contributed by atoms with van der Waals surface area (Å²) in [6.07, 6.45) is 1.20. The van der Waals surface area contributed by atoms with E-state index in [1.165, 1.54) is 6.21 Å². The second-order valence-electron chi connectivity index (χ2n) is 5.06. The van der Waals surface area contributed by atoms with Crippen LogP contribution in [0.4, 0.5) is 5.69 Å². The molecule has 0 saturated heterocycles. The monoisotopic (exact) mass is 332 g/mol. The number of halogens is 1. The van der Waals surface area contributed by atoms with Crippen LogP contribution >= 0.6 is 11.6 Å². The zero-order valence-corrected chi connectivity index (χ0v) is 13.6. The van der Waals surface area contributed by atoms with E-state index in [1.54, 1.807) is 18.2 Å². The first-order valence-electron chi connectivity index (χ1n) is 6.96. The fourth-order valence-corrected chi connectivity index (χ4v) is 2.15. The van der Waals surface area contributed by atoms with Gasteiger partial charge in [0.05, 0.1) is 6.21 Å². The molecular weight excluding hydrogens is 316 g/mol. The van der Waals surface area contributed by atoms with Crippen LogP contribution in [0.5, 0.6) is 5.75 Å². The van der Waals surface area contributed by atoms with E-state index >= 15 is 0 Å². The van der Waals surface area contributed by atoms with Crippen molar-refractivity contribution in [2.75, 3.05) is 11.9 Å². The molecule has 0 bridgehead atoms. The smallest absolute Gasteiger partial charge is 0.262 e. The van der Waals surface area contributed by atoms with Crippen LogP contribution in [0.3, 0.4) is 0 Å². The zero-order chi connectivity index (χ0) is 16.8. The summed E-state index contributed by atoms with van der Waals surface area (Å²) < 4.78 is 5.46. The minimum atomic E-state index is -0.282. The van der Waals surface area contributed by atoms with Crippen molar-refractivity contribution < 1.29 is 14.7 Å². The van der Waals surface area contributed by atoms with Gasteiger partial charge in [-0.05, 0) is 55.3 Å². The van der Waals surface area contributed by atoms with E-state index in [9.17, 15) is 4.79 Å². The Morgan fingerprint density at radius 1 is 1.26 bits per heavy atom. The maximum absolute atomic E-state index is 12.0. The number of carbonyl (C=O) groups is 1. The van der Waals surface area contributed by atoms with Crippen molar-refractivity contribution in [2.24, 2.45) is 5.16 Å². The number of oxime groups is 1. The Labute approximate surface area is 139 Å². The average Bonchev–Trinajstić information content (AvgIpc) is 2.50. The summed E-state index contributed by atoms with van der Waals surface area (Å²) in [6.45, 7) is 3.82. The molecule has 0 aliphatic rings. The lowest BCUT2D eigenvalue weighted by Crippen LogP contribution is -2.20. The van der Waals surface area contributed by atoms with Gasteiger partial charge in [0.15, 0.2) is 6.61 Å². The lowest BCUT2D eigenvalue weighted by Gasteiger charge is -2.10. The number of nitrogens with one attached hydrogen (secondary N) is 1. The maximum Gasteiger partial charge on any atom is 0.262 e. The molecule has 120 valence electrons. The first kappa shape index (κ1) is 16.8. The summed E-state index contributed by atoms with van der Waals surface area (Å²) in [5.74, 6) is 0.123. The van der Waals surface area contributed by atoms with E-state index in [-0.39, 0.29) is 12.5 Å². The molecule has 2 aromatic rings. The molecule has 0 aliphatic carbocycles. The van der Waals surface area contributed by atoms with E-state index < -0.39 is 0 Å². The Hall–Kier alpha value is -2.53. The van der Waals surface area contributed by atoms with Crippen molar-refractivity contribution >= 4 is 29.4 Å². The van der Waals surface area contributed by atoms with Gasteiger partial charge >= 0.3 is 0 Å². The third-order valence-corrected chi connectivity index (χ3v) is 3.55. The molecule has 0 radical (unpaired) electrons. The number of ether oxygens (including phenoxy) is 1. The molecule has 0 fully saturated rings. The van der Waals surface area contributed by atoms with Crippen LogP contribution in [0.2, 0.25) is 5.02 Å². The van der Waals surface area contributed by atoms with Crippen molar-refractivity contribution in [3.8, 4) is 5.75 Å². The van der Waals surface area contributed by atoms with Crippen molar-refractivity contribution in [2.45, 2.75) is 13.8 Å². The van der Waals surface area contributed by atoms with Crippen LogP contribution in [0.15, 0.2) is 41.6 Å². The van der Waals surface area contributed by atoms with E-state index in [0.29, 0.717) is 16.3 Å². The largest absolute Gasteiger partial charge is 0.483 e. The molecule has 0 saturated carbocycles. The molecule has 0 heterocycles. The highest BCUT2D eigenvalue weighted by Crippen LogP contribution is 2.21. The summed E-state index contributed by atoms with van der Waals surface area (Å²) in [5, 5.41) is 14.9. The van der Waals surface area contributed by atoms with Crippen molar-refractivity contribution in [3.63, 3.8) is 0 Å². The maximum atomic E-state index is 12.0. The summed E-state index contributed by atoms with van der Waals surface area (Å²) in [7, 11) is 0. The standard InChI is InChI=1S/C17H17ClN2O3/c1-11-3-5-15(7-12(11)2)20-17(21)10-23-16-6-4-14(18)8-13(16)9-19-22/h3-9,22H,10H2,1-2H3,(H,20,21)/b19-9+. The topological polar surface area (TPSA) is 70.9 Å². The van der Waals surface area contributed by atoms with Crippen LogP contribution in [-0.2, 0) is 4.79 Å². The van der Waals surface area contributed by atoms with E-state index in [0.717, 1.165) is 16.8 Å². The predicted molar refractivity (Wildman–Crippen MR) is 90.9 cm³/mol. The number of anilines is 1. The molecule has 0 aliphatic heterocycles. The van der Waals surface area contributed by atoms with Gasteiger partial charge in [-0.25, -0.2) is 0 Å². The van der Waals surface area contributed by atoms with Gasteiger partial charge in [-0.15, -0.1) is 0 Å². The van der Waals surface area contributed by atoms with Crippen LogP contribution < -0.4 is 10.1 Å². The first-order chi connectivity index (χ1) is 11.0. The Balaban J connectivity index is 2.00. The van der Waals surface area contributed by atoms with Gasteiger partial charge in [0.1, 0.15) is 5.75 Å². The molecule has 0 unspecified atom stereocenters. The number of carbonyl (C=O) groups excluding carboxylic acids is 1. The highest BCUT2D eigenvalue weighted by Gasteiger charge is 2.08. The number of hydrogen-bond acceptors (Lipinski definition) is 4. The predicted octanol–water partition coefficient (Wildman–Crippen LogP) is 3.78. The summed E-state index contributed by atoms with van der Waals surface area (Å²) in [6, 6.07) is 10.5. The molecule has 0 atom stereocenters. The lowest BCUT2D eigenvalue weighted by molar-refractivity contribution is -0.118. The Bertz CT molecular complexity index is 745. The van der Waals surface area contributed by atoms with Crippen LogP contribution in [-0.4, -0.2) is 23.9 Å². The summed E-state index contributed by atoms with van der Waals surface area (Å²) in [4.78, 5) is 12.0. The van der Waals surface area contributed by atoms with Gasteiger partial charge in [-0.1, -0.05) is 22.8 Å². The van der Waals surface area contributed by atoms with Crippen LogP contribution in [0.25, 0.3) is 0 Å². The van der Waals surface area contributed by atoms with Gasteiger partial charge < -0.3 is 15.3 Å². The number of hydrogen-bond donors (Lipinski definition) is 2. The molecule has 1 amide bonds. The molecule has 2 rings (SSSR count). The number of aryl methyl sites for hydroxylation is 2. The van der Waals surface area contributed by atoms with E-state index in [1.807, 2.05) is 32.0 Å². The SMILES string of the molecule is Cc1ccc(NC(=O)COc2ccc(Cl)cc2/C=N/O)cc1C. The Morgan fingerprint density at radius 2 is 2.04 bits per heavy atom. The highest BCUT2D eigenvalue weighted by molar-refractivity contribution is 6.30. The number of amides is 1. The Morgan fingerprint density at radius 3 is 2.74 bits per heavy atom. The van der Waals surface area contributed by atoms with Crippen molar-refractivity contribution in [1.29, 1.82) is 0 Å². The van der Waals surface area contributed by atoms with E-state index in [2.05, 4.69) is 10.5 Å². The fourth-order valence-electron chi connectivity index (χ4n) is 1.97. The lowest BCUT2D eigenvalue weighted by atomic mass is 10.1. The third-order valence-electron chi connectivity index (χ3n) is 3.32. The molecular formula is C17H17ClN2O3. The van der Waals surface area contributed by atoms with E-state index in [4.69, 9.17) is 21.5 Å². The molecule has 23 heavy (non-hydrogen) atoms. The summed E-state index contributed by atoms with van der Waals surface area (Å²) in [5.41, 5.74) is 3.46. The van der Waals surface area contributed by atoms with Gasteiger partial charge in [0.2, 0.25) is 0 Å². The molecule has 0 aromatic heterocycles. The molecule has 2 aromatic carbocycles. The average molecular weight is 333 g/mol. The van der Waals surface area contributed by atoms with Crippen molar-refractivity contribution in [3.05, 3.63) is 58.1 Å². The second-order valence-corrected chi connectivity index (χ2v) is 5.50. The highest BCUT2D eigenvalue weighted by atomic mass is 35.5. The minimum Gasteiger partial charge on any atom is -0.483 e.